The number of hydrogen-bond acceptors (Lipinski definition) is 3. The molecule has 0 aliphatic carbocycles. The number of nitrogens with two attached hydrogens (primary N) is 1. The van der Waals surface area contributed by atoms with Gasteiger partial charge in [-0.05, 0) is 36.1 Å². The Labute approximate surface area is 123 Å². The molecule has 2 N–H and O–H groups in total. The number of benzene rings is 2. The number of rotatable bonds is 3. The molecule has 3 rings (SSSR count). The summed E-state index contributed by atoms with van der Waals surface area (Å²) in [4.78, 5) is 0. The molecule has 1 heterocycles. The Bertz CT molecular complexity index is 657. The van der Waals surface area contributed by atoms with E-state index < -0.39 is 5.82 Å². The second-order valence-electron chi connectivity index (χ2n) is 5.26. The van der Waals surface area contributed by atoms with Crippen molar-refractivity contribution in [3.63, 3.8) is 0 Å². The maximum Gasteiger partial charge on any atom is 0.167 e. The van der Waals surface area contributed by atoms with E-state index in [2.05, 4.69) is 6.07 Å². The second kappa shape index (κ2) is 5.74. The fourth-order valence-electron chi connectivity index (χ4n) is 2.56. The Morgan fingerprint density at radius 2 is 2.14 bits per heavy atom. The van der Waals surface area contributed by atoms with Gasteiger partial charge >= 0.3 is 0 Å². The van der Waals surface area contributed by atoms with E-state index >= 15 is 0 Å². The van der Waals surface area contributed by atoms with Crippen LogP contribution < -0.4 is 10.5 Å². The quantitative estimate of drug-likeness (QED) is 0.880. The molecule has 0 bridgehead atoms. The first-order valence-electron chi connectivity index (χ1n) is 7.03. The minimum atomic E-state index is -0.442. The van der Waals surface area contributed by atoms with Crippen LogP contribution in [0.2, 0.25) is 0 Å². The van der Waals surface area contributed by atoms with Crippen LogP contribution in [0.25, 0.3) is 0 Å². The molecule has 0 aromatic heterocycles. The summed E-state index contributed by atoms with van der Waals surface area (Å²) in [6.45, 7) is 2.78. The largest absolute Gasteiger partial charge is 0.487 e. The third-order valence-electron chi connectivity index (χ3n) is 3.80. The summed E-state index contributed by atoms with van der Waals surface area (Å²) in [5, 5.41) is 0. The molecule has 0 fully saturated rings. The maximum atomic E-state index is 13.8. The highest BCUT2D eigenvalue weighted by Gasteiger charge is 2.21. The lowest BCUT2D eigenvalue weighted by Crippen LogP contribution is -2.21. The average molecular weight is 287 g/mol. The van der Waals surface area contributed by atoms with E-state index in [4.69, 9.17) is 15.2 Å². The highest BCUT2D eigenvalue weighted by molar-refractivity contribution is 5.50. The van der Waals surface area contributed by atoms with Crippen molar-refractivity contribution >= 4 is 5.69 Å². The molecular formula is C17H18FNO2. The predicted molar refractivity (Wildman–Crippen MR) is 79.9 cm³/mol. The highest BCUT2D eigenvalue weighted by atomic mass is 19.1. The zero-order valence-corrected chi connectivity index (χ0v) is 11.9. The highest BCUT2D eigenvalue weighted by Crippen LogP contribution is 2.29. The van der Waals surface area contributed by atoms with Crippen LogP contribution in [0.3, 0.4) is 0 Å². The number of hydrogen-bond donors (Lipinski definition) is 1. The van der Waals surface area contributed by atoms with Crippen molar-refractivity contribution in [1.29, 1.82) is 0 Å². The molecular weight excluding hydrogens is 269 g/mol. The van der Waals surface area contributed by atoms with Crippen LogP contribution in [-0.2, 0) is 11.2 Å². The van der Waals surface area contributed by atoms with Gasteiger partial charge in [0, 0.05) is 11.8 Å². The number of halogens is 1. The molecule has 0 amide bonds. The molecule has 0 radical (unpaired) electrons. The Kier molecular flexibility index (Phi) is 3.80. The molecule has 3 nitrogen and oxygen atoms in total. The lowest BCUT2D eigenvalue weighted by molar-refractivity contribution is 0.00935. The number of anilines is 1. The monoisotopic (exact) mass is 287 g/mol. The summed E-state index contributed by atoms with van der Waals surface area (Å²) < 4.78 is 25.2. The normalized spacial score (nSPS) is 17.3. The number of aryl methyl sites for hydroxylation is 1. The van der Waals surface area contributed by atoms with Gasteiger partial charge in [-0.3, -0.25) is 0 Å². The van der Waals surface area contributed by atoms with Crippen LogP contribution in [0.15, 0.2) is 36.4 Å². The van der Waals surface area contributed by atoms with Crippen molar-refractivity contribution < 1.29 is 13.9 Å². The Morgan fingerprint density at radius 3 is 3.00 bits per heavy atom. The summed E-state index contributed by atoms with van der Waals surface area (Å²) in [5.41, 5.74) is 9.29. The molecule has 0 saturated heterocycles. The number of nitrogen functional groups attached to an aromatic ring is 1. The maximum absolute atomic E-state index is 13.8. The molecule has 2 aromatic rings. The molecule has 1 aliphatic heterocycles. The number of fused-ring (bicyclic) bond motifs is 1. The van der Waals surface area contributed by atoms with Crippen molar-refractivity contribution in [2.24, 2.45) is 0 Å². The van der Waals surface area contributed by atoms with Gasteiger partial charge in [-0.2, -0.15) is 0 Å². The summed E-state index contributed by atoms with van der Waals surface area (Å²) in [5.74, 6) is -0.226. The Morgan fingerprint density at radius 1 is 1.33 bits per heavy atom. The third kappa shape index (κ3) is 2.85. The van der Waals surface area contributed by atoms with Crippen molar-refractivity contribution in [2.75, 3.05) is 18.9 Å². The van der Waals surface area contributed by atoms with E-state index in [1.165, 1.54) is 11.6 Å². The lowest BCUT2D eigenvalue weighted by Gasteiger charge is -2.26. The first-order valence-corrected chi connectivity index (χ1v) is 7.03. The van der Waals surface area contributed by atoms with Crippen LogP contribution in [0, 0.1) is 12.7 Å². The summed E-state index contributed by atoms with van der Waals surface area (Å²) in [6, 6.07) is 11.0. The van der Waals surface area contributed by atoms with Crippen LogP contribution in [0.5, 0.6) is 5.75 Å². The molecule has 1 unspecified atom stereocenters. The first-order chi connectivity index (χ1) is 10.1. The van der Waals surface area contributed by atoms with Gasteiger partial charge in [0.1, 0.15) is 12.7 Å². The van der Waals surface area contributed by atoms with Gasteiger partial charge in [-0.15, -0.1) is 0 Å². The molecule has 0 saturated carbocycles. The Hall–Kier alpha value is -2.07. The van der Waals surface area contributed by atoms with Crippen LogP contribution in [-0.4, -0.2) is 13.2 Å². The van der Waals surface area contributed by atoms with E-state index in [1.54, 1.807) is 6.07 Å². The van der Waals surface area contributed by atoms with E-state index in [9.17, 15) is 4.39 Å². The van der Waals surface area contributed by atoms with E-state index in [1.807, 2.05) is 25.1 Å². The van der Waals surface area contributed by atoms with E-state index in [0.29, 0.717) is 12.3 Å². The fourth-order valence-corrected chi connectivity index (χ4v) is 2.56. The SMILES string of the molecule is Cc1cc(OCC2OCCc3ccccc32)c(F)cc1N. The van der Waals surface area contributed by atoms with Crippen LogP contribution in [0.1, 0.15) is 22.8 Å². The second-order valence-corrected chi connectivity index (χ2v) is 5.26. The van der Waals surface area contributed by atoms with Crippen molar-refractivity contribution in [1.82, 2.24) is 0 Å². The van der Waals surface area contributed by atoms with Gasteiger partial charge in [0.25, 0.3) is 0 Å². The van der Waals surface area contributed by atoms with E-state index in [-0.39, 0.29) is 18.5 Å². The summed E-state index contributed by atoms with van der Waals surface area (Å²) in [6.07, 6.45) is 0.745. The van der Waals surface area contributed by atoms with Gasteiger partial charge in [-0.25, -0.2) is 4.39 Å². The smallest absolute Gasteiger partial charge is 0.167 e. The molecule has 1 atom stereocenters. The zero-order valence-electron chi connectivity index (χ0n) is 11.9. The Balaban J connectivity index is 1.76. The molecule has 21 heavy (non-hydrogen) atoms. The standard InChI is InChI=1S/C17H18FNO2/c1-11-8-16(14(18)9-15(11)19)21-10-17-13-5-3-2-4-12(13)6-7-20-17/h2-5,8-9,17H,6-7,10,19H2,1H3. The minimum Gasteiger partial charge on any atom is -0.487 e. The zero-order chi connectivity index (χ0) is 14.8. The average Bonchev–Trinajstić information content (AvgIpc) is 2.49. The summed E-state index contributed by atoms with van der Waals surface area (Å²) >= 11 is 0. The predicted octanol–water partition coefficient (Wildman–Crippen LogP) is 3.41. The van der Waals surface area contributed by atoms with Crippen molar-refractivity contribution in [3.8, 4) is 5.75 Å². The van der Waals surface area contributed by atoms with Gasteiger partial charge in [0.05, 0.1) is 6.61 Å². The van der Waals surface area contributed by atoms with Crippen LogP contribution in [0.4, 0.5) is 10.1 Å². The fraction of sp³-hybridized carbons (Fsp3) is 0.294. The first kappa shape index (κ1) is 13.9. The third-order valence-corrected chi connectivity index (χ3v) is 3.80. The van der Waals surface area contributed by atoms with E-state index in [0.717, 1.165) is 17.5 Å². The van der Waals surface area contributed by atoms with Gasteiger partial charge in [0.2, 0.25) is 0 Å². The molecule has 110 valence electrons. The molecule has 1 aliphatic rings. The minimum absolute atomic E-state index is 0.160. The van der Waals surface area contributed by atoms with Gasteiger partial charge < -0.3 is 15.2 Å². The molecule has 0 spiro atoms. The van der Waals surface area contributed by atoms with Crippen LogP contribution >= 0.6 is 0 Å². The number of ether oxygens (including phenoxy) is 2. The molecule has 2 aromatic carbocycles. The lowest BCUT2D eigenvalue weighted by atomic mass is 9.98. The topological polar surface area (TPSA) is 44.5 Å². The van der Waals surface area contributed by atoms with Gasteiger partial charge in [0.15, 0.2) is 11.6 Å². The van der Waals surface area contributed by atoms with Gasteiger partial charge in [-0.1, -0.05) is 24.3 Å². The molecule has 4 heteroatoms. The summed E-state index contributed by atoms with van der Waals surface area (Å²) in [7, 11) is 0. The van der Waals surface area contributed by atoms with Crippen molar-refractivity contribution in [2.45, 2.75) is 19.4 Å². The van der Waals surface area contributed by atoms with Crippen molar-refractivity contribution in [3.05, 3.63) is 58.9 Å².